The number of nitro groups is 1. The molecule has 1 aromatic carbocycles. The number of nitrogens with zero attached hydrogens (tertiary/aromatic N) is 2. The normalized spacial score (nSPS) is 10.8. The highest BCUT2D eigenvalue weighted by Crippen LogP contribution is 2.37. The Bertz CT molecular complexity index is 573. The molecule has 5 nitrogen and oxygen atoms in total. The van der Waals surface area contributed by atoms with E-state index in [1.54, 1.807) is 0 Å². The van der Waals surface area contributed by atoms with Crippen LogP contribution >= 0.6 is 0 Å². The molecule has 0 N–H and O–H groups in total. The van der Waals surface area contributed by atoms with Crippen molar-refractivity contribution in [3.8, 4) is 6.07 Å². The third-order valence-corrected chi connectivity index (χ3v) is 2.10. The fourth-order valence-electron chi connectivity index (χ4n) is 1.43. The van der Waals surface area contributed by atoms with Crippen LogP contribution in [0.5, 0.6) is 0 Å². The van der Waals surface area contributed by atoms with Gasteiger partial charge in [0.2, 0.25) is 0 Å². The number of carbonyl (C=O) groups is 1. The maximum absolute atomic E-state index is 12.7. The average Bonchev–Trinajstić information content (AvgIpc) is 2.25. The van der Waals surface area contributed by atoms with Gasteiger partial charge in [0.05, 0.1) is 22.1 Å². The van der Waals surface area contributed by atoms with E-state index < -0.39 is 39.3 Å². The molecule has 18 heavy (non-hydrogen) atoms. The Morgan fingerprint density at radius 1 is 1.44 bits per heavy atom. The van der Waals surface area contributed by atoms with Crippen molar-refractivity contribution < 1.29 is 22.9 Å². The van der Waals surface area contributed by atoms with Gasteiger partial charge < -0.3 is 0 Å². The fourth-order valence-corrected chi connectivity index (χ4v) is 1.43. The van der Waals surface area contributed by atoms with Gasteiger partial charge in [-0.05, 0) is 13.0 Å². The van der Waals surface area contributed by atoms with Crippen LogP contribution in [0, 0.1) is 21.4 Å². The van der Waals surface area contributed by atoms with Gasteiger partial charge in [-0.25, -0.2) is 0 Å². The van der Waals surface area contributed by atoms with E-state index in [4.69, 9.17) is 5.26 Å². The van der Waals surface area contributed by atoms with Gasteiger partial charge in [0.25, 0.3) is 5.69 Å². The number of nitro benzene ring substituents is 1. The number of nitriles is 1. The molecule has 0 bridgehead atoms. The largest absolute Gasteiger partial charge is 0.417 e. The SMILES string of the molecule is CC(=O)c1c([N+](=O)[O-])cc(C#N)cc1C(F)(F)F. The topological polar surface area (TPSA) is 84.0 Å². The minimum Gasteiger partial charge on any atom is -0.294 e. The number of halogens is 3. The molecule has 94 valence electrons. The van der Waals surface area contributed by atoms with Crippen LogP contribution in [0.15, 0.2) is 12.1 Å². The number of ketones is 1. The van der Waals surface area contributed by atoms with Gasteiger partial charge >= 0.3 is 6.18 Å². The van der Waals surface area contributed by atoms with Crippen molar-refractivity contribution in [3.05, 3.63) is 38.9 Å². The highest BCUT2D eigenvalue weighted by molar-refractivity contribution is 6.00. The summed E-state index contributed by atoms with van der Waals surface area (Å²) in [6.07, 6.45) is -4.95. The van der Waals surface area contributed by atoms with Crippen molar-refractivity contribution in [1.29, 1.82) is 5.26 Å². The summed E-state index contributed by atoms with van der Waals surface area (Å²) in [5.74, 6) is -1.08. The first-order chi connectivity index (χ1) is 8.18. The number of hydrogen-bond acceptors (Lipinski definition) is 4. The van der Waals surface area contributed by atoms with E-state index in [0.717, 1.165) is 6.92 Å². The van der Waals surface area contributed by atoms with Crippen molar-refractivity contribution in [2.75, 3.05) is 0 Å². The van der Waals surface area contributed by atoms with Crippen LogP contribution in [0.2, 0.25) is 0 Å². The molecule has 0 aromatic heterocycles. The van der Waals surface area contributed by atoms with E-state index in [2.05, 4.69) is 0 Å². The quantitative estimate of drug-likeness (QED) is 0.463. The van der Waals surface area contributed by atoms with Crippen molar-refractivity contribution >= 4 is 11.5 Å². The molecule has 0 aliphatic heterocycles. The predicted molar refractivity (Wildman–Crippen MR) is 52.8 cm³/mol. The summed E-state index contributed by atoms with van der Waals surface area (Å²) in [7, 11) is 0. The summed E-state index contributed by atoms with van der Waals surface area (Å²) in [6.45, 7) is 0.795. The first-order valence-electron chi connectivity index (χ1n) is 4.49. The zero-order chi connectivity index (χ0) is 14.1. The molecular weight excluding hydrogens is 253 g/mol. The van der Waals surface area contributed by atoms with Crippen LogP contribution in [0.3, 0.4) is 0 Å². The lowest BCUT2D eigenvalue weighted by atomic mass is 9.99. The number of carbonyl (C=O) groups excluding carboxylic acids is 1. The van der Waals surface area contributed by atoms with E-state index in [1.165, 1.54) is 6.07 Å². The van der Waals surface area contributed by atoms with Gasteiger partial charge in [0.15, 0.2) is 5.78 Å². The Kier molecular flexibility index (Phi) is 3.37. The van der Waals surface area contributed by atoms with E-state index in [9.17, 15) is 28.1 Å². The Labute approximate surface area is 98.6 Å². The van der Waals surface area contributed by atoms with E-state index in [0.29, 0.717) is 12.1 Å². The Hall–Kier alpha value is -2.43. The van der Waals surface area contributed by atoms with Crippen molar-refractivity contribution in [2.45, 2.75) is 13.1 Å². The van der Waals surface area contributed by atoms with Crippen LogP contribution in [-0.4, -0.2) is 10.7 Å². The van der Waals surface area contributed by atoms with Crippen molar-refractivity contribution in [2.24, 2.45) is 0 Å². The molecule has 0 aliphatic rings. The molecule has 0 heterocycles. The number of hydrogen-bond donors (Lipinski definition) is 0. The standard InChI is InChI=1S/C10H5F3N2O3/c1-5(16)9-7(10(11,12)13)2-6(4-14)3-8(9)15(17)18/h2-3H,1H3. The summed E-state index contributed by atoms with van der Waals surface area (Å²) in [4.78, 5) is 20.7. The minimum absolute atomic E-state index is 0.420. The predicted octanol–water partition coefficient (Wildman–Crippen LogP) is 2.69. The third kappa shape index (κ3) is 2.45. The lowest BCUT2D eigenvalue weighted by molar-refractivity contribution is -0.385. The van der Waals surface area contributed by atoms with Gasteiger partial charge in [-0.3, -0.25) is 14.9 Å². The van der Waals surface area contributed by atoms with Crippen LogP contribution in [0.25, 0.3) is 0 Å². The fraction of sp³-hybridized carbons (Fsp3) is 0.200. The molecule has 8 heteroatoms. The molecule has 0 unspecified atom stereocenters. The maximum Gasteiger partial charge on any atom is 0.417 e. The number of Topliss-reactive ketones (excluding diaryl/α,β-unsaturated/α-hetero) is 1. The van der Waals surface area contributed by atoms with Crippen LogP contribution in [0.1, 0.15) is 28.4 Å². The molecule has 0 aliphatic carbocycles. The van der Waals surface area contributed by atoms with E-state index in [1.807, 2.05) is 0 Å². The lowest BCUT2D eigenvalue weighted by Gasteiger charge is -2.11. The van der Waals surface area contributed by atoms with Crippen LogP contribution < -0.4 is 0 Å². The molecule has 0 atom stereocenters. The molecule has 1 aromatic rings. The molecule has 0 saturated carbocycles. The maximum atomic E-state index is 12.7. The summed E-state index contributed by atoms with van der Waals surface area (Å²) in [5.41, 5.74) is -4.06. The second kappa shape index (κ2) is 4.44. The zero-order valence-corrected chi connectivity index (χ0v) is 8.91. The summed E-state index contributed by atoms with van der Waals surface area (Å²) in [5, 5.41) is 19.2. The van der Waals surface area contributed by atoms with Gasteiger partial charge in [-0.15, -0.1) is 0 Å². The first kappa shape index (κ1) is 13.6. The highest BCUT2D eigenvalue weighted by atomic mass is 19.4. The highest BCUT2D eigenvalue weighted by Gasteiger charge is 2.39. The second-order valence-corrected chi connectivity index (χ2v) is 3.34. The molecule has 0 amide bonds. The lowest BCUT2D eigenvalue weighted by Crippen LogP contribution is -2.14. The van der Waals surface area contributed by atoms with Gasteiger partial charge in [-0.1, -0.05) is 0 Å². The molecule has 0 radical (unpaired) electrons. The first-order valence-corrected chi connectivity index (χ1v) is 4.49. The second-order valence-electron chi connectivity index (χ2n) is 3.34. The molecule has 0 saturated heterocycles. The average molecular weight is 258 g/mol. The summed E-state index contributed by atoms with van der Waals surface area (Å²) in [6, 6.07) is 2.45. The van der Waals surface area contributed by atoms with Gasteiger partial charge in [-0.2, -0.15) is 18.4 Å². The molecule has 1 rings (SSSR count). The smallest absolute Gasteiger partial charge is 0.294 e. The van der Waals surface area contributed by atoms with Crippen molar-refractivity contribution in [1.82, 2.24) is 0 Å². The Balaban J connectivity index is 3.79. The molecule has 0 spiro atoms. The monoisotopic (exact) mass is 258 g/mol. The summed E-state index contributed by atoms with van der Waals surface area (Å²) >= 11 is 0. The van der Waals surface area contributed by atoms with E-state index >= 15 is 0 Å². The van der Waals surface area contributed by atoms with E-state index in [-0.39, 0.29) is 0 Å². The molecule has 0 fully saturated rings. The summed E-state index contributed by atoms with van der Waals surface area (Å²) < 4.78 is 38.1. The van der Waals surface area contributed by atoms with Crippen LogP contribution in [-0.2, 0) is 6.18 Å². The van der Waals surface area contributed by atoms with Crippen LogP contribution in [0.4, 0.5) is 18.9 Å². The molecular formula is C10H5F3N2O3. The Morgan fingerprint density at radius 2 is 2.00 bits per heavy atom. The van der Waals surface area contributed by atoms with Crippen molar-refractivity contribution in [3.63, 3.8) is 0 Å². The number of alkyl halides is 3. The van der Waals surface area contributed by atoms with Gasteiger partial charge in [0, 0.05) is 6.07 Å². The zero-order valence-electron chi connectivity index (χ0n) is 8.91. The number of rotatable bonds is 2. The number of benzene rings is 1. The third-order valence-electron chi connectivity index (χ3n) is 2.10. The minimum atomic E-state index is -4.95. The van der Waals surface area contributed by atoms with Gasteiger partial charge in [0.1, 0.15) is 5.56 Å². The Morgan fingerprint density at radius 3 is 2.33 bits per heavy atom.